The van der Waals surface area contributed by atoms with E-state index in [0.717, 1.165) is 23.6 Å². The highest BCUT2D eigenvalue weighted by Gasteiger charge is 2.19. The molecule has 1 saturated heterocycles. The summed E-state index contributed by atoms with van der Waals surface area (Å²) in [4.78, 5) is 1.70. The largest absolute Gasteiger partial charge is 0.365 e. The Morgan fingerprint density at radius 2 is 1.75 bits per heavy atom. The van der Waals surface area contributed by atoms with E-state index in [2.05, 4.69) is 0 Å². The Labute approximate surface area is 96.9 Å². The molecule has 5 heteroatoms. The standard InChI is InChI=1S/C11H10F2N2S/c12-9-5-8(7-14)6-10(13)11(9)15-1-3-16-4-2-15/h5-6H,1-4H2. The fourth-order valence-corrected chi connectivity index (χ4v) is 2.62. The highest BCUT2D eigenvalue weighted by atomic mass is 32.2. The predicted octanol–water partition coefficient (Wildman–Crippen LogP) is 2.39. The van der Waals surface area contributed by atoms with Crippen molar-refractivity contribution in [3.05, 3.63) is 29.3 Å². The molecule has 2 nitrogen and oxygen atoms in total. The smallest absolute Gasteiger partial charge is 0.150 e. The maximum absolute atomic E-state index is 13.6. The van der Waals surface area contributed by atoms with E-state index in [0.29, 0.717) is 13.1 Å². The predicted molar refractivity (Wildman–Crippen MR) is 60.6 cm³/mol. The van der Waals surface area contributed by atoms with Gasteiger partial charge in [-0.1, -0.05) is 0 Å². The van der Waals surface area contributed by atoms with Crippen molar-refractivity contribution in [2.24, 2.45) is 0 Å². The number of benzene rings is 1. The first-order valence-corrected chi connectivity index (χ1v) is 6.09. The van der Waals surface area contributed by atoms with Crippen LogP contribution >= 0.6 is 11.8 Å². The highest BCUT2D eigenvalue weighted by molar-refractivity contribution is 7.99. The maximum Gasteiger partial charge on any atom is 0.150 e. The molecule has 1 aliphatic rings. The first kappa shape index (κ1) is 11.2. The van der Waals surface area contributed by atoms with Gasteiger partial charge >= 0.3 is 0 Å². The molecule has 0 spiro atoms. The lowest BCUT2D eigenvalue weighted by molar-refractivity contribution is 0.573. The molecule has 0 aliphatic carbocycles. The molecular weight excluding hydrogens is 230 g/mol. The van der Waals surface area contributed by atoms with E-state index in [-0.39, 0.29) is 11.3 Å². The molecule has 84 valence electrons. The van der Waals surface area contributed by atoms with E-state index in [1.165, 1.54) is 0 Å². The Hall–Kier alpha value is -1.28. The molecule has 0 N–H and O–H groups in total. The van der Waals surface area contributed by atoms with Gasteiger partial charge in [-0.2, -0.15) is 17.0 Å². The van der Waals surface area contributed by atoms with E-state index < -0.39 is 11.6 Å². The van der Waals surface area contributed by atoms with Crippen LogP contribution in [-0.4, -0.2) is 24.6 Å². The Morgan fingerprint density at radius 3 is 2.25 bits per heavy atom. The second-order valence-corrected chi connectivity index (χ2v) is 4.72. The molecule has 1 aromatic carbocycles. The Kier molecular flexibility index (Phi) is 3.30. The lowest BCUT2D eigenvalue weighted by Gasteiger charge is -2.29. The van der Waals surface area contributed by atoms with E-state index in [1.807, 2.05) is 0 Å². The van der Waals surface area contributed by atoms with Crippen molar-refractivity contribution < 1.29 is 8.78 Å². The summed E-state index contributed by atoms with van der Waals surface area (Å²) in [6, 6.07) is 3.90. The third-order valence-corrected chi connectivity index (χ3v) is 3.42. The van der Waals surface area contributed by atoms with Gasteiger partial charge in [0, 0.05) is 24.6 Å². The van der Waals surface area contributed by atoms with Gasteiger partial charge in [0.25, 0.3) is 0 Å². The van der Waals surface area contributed by atoms with Gasteiger partial charge in [0.15, 0.2) is 11.6 Å². The molecule has 16 heavy (non-hydrogen) atoms. The fourth-order valence-electron chi connectivity index (χ4n) is 1.72. The van der Waals surface area contributed by atoms with Gasteiger partial charge in [-0.3, -0.25) is 0 Å². The summed E-state index contributed by atoms with van der Waals surface area (Å²) < 4.78 is 27.3. The van der Waals surface area contributed by atoms with Gasteiger partial charge in [0.1, 0.15) is 5.69 Å². The van der Waals surface area contributed by atoms with Gasteiger partial charge in [-0.05, 0) is 12.1 Å². The molecule has 1 aliphatic heterocycles. The molecule has 0 bridgehead atoms. The number of nitriles is 1. The molecule has 0 aromatic heterocycles. The van der Waals surface area contributed by atoms with E-state index in [1.54, 1.807) is 22.7 Å². The summed E-state index contributed by atoms with van der Waals surface area (Å²) in [5.74, 6) is 0.449. The molecule has 2 rings (SSSR count). The number of nitrogens with zero attached hydrogens (tertiary/aromatic N) is 2. The van der Waals surface area contributed by atoms with Gasteiger partial charge < -0.3 is 4.90 Å². The van der Waals surface area contributed by atoms with Crippen molar-refractivity contribution in [3.8, 4) is 6.07 Å². The number of rotatable bonds is 1. The number of hydrogen-bond donors (Lipinski definition) is 0. The van der Waals surface area contributed by atoms with Gasteiger partial charge in [-0.15, -0.1) is 0 Å². The molecule has 0 unspecified atom stereocenters. The third-order valence-electron chi connectivity index (χ3n) is 2.47. The summed E-state index contributed by atoms with van der Waals surface area (Å²) in [5, 5.41) is 8.59. The summed E-state index contributed by atoms with van der Waals surface area (Å²) >= 11 is 1.77. The van der Waals surface area contributed by atoms with Crippen LogP contribution in [0.5, 0.6) is 0 Å². The average molecular weight is 240 g/mol. The zero-order valence-corrected chi connectivity index (χ0v) is 9.36. The second kappa shape index (κ2) is 4.71. The quantitative estimate of drug-likeness (QED) is 0.754. The van der Waals surface area contributed by atoms with Crippen molar-refractivity contribution in [1.29, 1.82) is 5.26 Å². The number of halogens is 2. The zero-order chi connectivity index (χ0) is 11.5. The summed E-state index contributed by atoms with van der Waals surface area (Å²) in [5.41, 5.74) is 0.0180. The highest BCUT2D eigenvalue weighted by Crippen LogP contribution is 2.27. The molecule has 0 radical (unpaired) electrons. The van der Waals surface area contributed by atoms with Crippen LogP contribution in [0, 0.1) is 23.0 Å². The normalized spacial score (nSPS) is 15.9. The minimum absolute atomic E-state index is 0.000648. The van der Waals surface area contributed by atoms with Crippen LogP contribution in [0.1, 0.15) is 5.56 Å². The SMILES string of the molecule is N#Cc1cc(F)c(N2CCSCC2)c(F)c1. The fraction of sp³-hybridized carbons (Fsp3) is 0.364. The molecule has 0 amide bonds. The van der Waals surface area contributed by atoms with Crippen molar-refractivity contribution >= 4 is 17.4 Å². The molecule has 0 saturated carbocycles. The summed E-state index contributed by atoms with van der Waals surface area (Å²) in [6.45, 7) is 1.29. The number of anilines is 1. The first-order chi connectivity index (χ1) is 7.72. The molecule has 1 fully saturated rings. The minimum Gasteiger partial charge on any atom is -0.365 e. The van der Waals surface area contributed by atoms with Crippen LogP contribution in [-0.2, 0) is 0 Å². The van der Waals surface area contributed by atoms with E-state index in [4.69, 9.17) is 5.26 Å². The third kappa shape index (κ3) is 2.12. The summed E-state index contributed by atoms with van der Waals surface area (Å²) in [6.07, 6.45) is 0. The topological polar surface area (TPSA) is 27.0 Å². The van der Waals surface area contributed by atoms with Gasteiger partial charge in [0.05, 0.1) is 11.6 Å². The summed E-state index contributed by atoms with van der Waals surface area (Å²) in [7, 11) is 0. The van der Waals surface area contributed by atoms with Crippen molar-refractivity contribution in [1.82, 2.24) is 0 Å². The van der Waals surface area contributed by atoms with Crippen LogP contribution in [0.3, 0.4) is 0 Å². The second-order valence-electron chi connectivity index (χ2n) is 3.50. The number of thioether (sulfide) groups is 1. The monoisotopic (exact) mass is 240 g/mol. The Bertz CT molecular complexity index is 413. The van der Waals surface area contributed by atoms with Gasteiger partial charge in [-0.25, -0.2) is 8.78 Å². The van der Waals surface area contributed by atoms with Crippen LogP contribution in [0.4, 0.5) is 14.5 Å². The van der Waals surface area contributed by atoms with Crippen LogP contribution in [0.2, 0.25) is 0 Å². The molecular formula is C11H10F2N2S. The maximum atomic E-state index is 13.6. The van der Waals surface area contributed by atoms with Crippen LogP contribution < -0.4 is 4.90 Å². The average Bonchev–Trinajstić information content (AvgIpc) is 2.29. The van der Waals surface area contributed by atoms with Gasteiger partial charge in [0.2, 0.25) is 0 Å². The van der Waals surface area contributed by atoms with Crippen LogP contribution in [0.15, 0.2) is 12.1 Å². The van der Waals surface area contributed by atoms with Crippen molar-refractivity contribution in [2.45, 2.75) is 0 Å². The number of hydrogen-bond acceptors (Lipinski definition) is 3. The van der Waals surface area contributed by atoms with E-state index >= 15 is 0 Å². The van der Waals surface area contributed by atoms with E-state index in [9.17, 15) is 8.78 Å². The minimum atomic E-state index is -0.650. The lowest BCUT2D eigenvalue weighted by Crippen LogP contribution is -2.33. The molecule has 0 atom stereocenters. The Morgan fingerprint density at radius 1 is 1.19 bits per heavy atom. The van der Waals surface area contributed by atoms with Crippen molar-refractivity contribution in [2.75, 3.05) is 29.5 Å². The first-order valence-electron chi connectivity index (χ1n) is 4.94. The molecule has 1 aromatic rings. The Balaban J connectivity index is 2.36. The van der Waals surface area contributed by atoms with Crippen molar-refractivity contribution in [3.63, 3.8) is 0 Å². The zero-order valence-electron chi connectivity index (χ0n) is 8.54. The lowest BCUT2D eigenvalue weighted by atomic mass is 10.2. The molecule has 1 heterocycles. The van der Waals surface area contributed by atoms with Crippen LogP contribution in [0.25, 0.3) is 0 Å².